The number of nitrogens with zero attached hydrogens (tertiary/aromatic N) is 1. The van der Waals surface area contributed by atoms with Gasteiger partial charge in [0, 0.05) is 29.8 Å². The van der Waals surface area contributed by atoms with Gasteiger partial charge in [-0.25, -0.2) is 4.39 Å². The molecule has 3 aliphatic heterocycles. The number of ether oxygens (including phenoxy) is 1. The van der Waals surface area contributed by atoms with E-state index in [2.05, 4.69) is 15.5 Å². The molecule has 2 N–H and O–H groups in total. The quantitative estimate of drug-likeness (QED) is 0.621. The number of piperidine rings is 1. The maximum Gasteiger partial charge on any atom is 0.260 e. The number of allylic oxidation sites excluding steroid dienone is 1. The Balaban J connectivity index is 1.32. The highest BCUT2D eigenvalue weighted by Crippen LogP contribution is 2.44. The van der Waals surface area contributed by atoms with E-state index < -0.39 is 11.4 Å². The Bertz CT molecular complexity index is 1220. The highest BCUT2D eigenvalue weighted by atomic mass is 19.1. The highest BCUT2D eigenvalue weighted by Gasteiger charge is 2.38. The summed E-state index contributed by atoms with van der Waals surface area (Å²) in [7, 11) is 0. The molecule has 182 valence electrons. The number of nitrogens with one attached hydrogen (secondary N) is 2. The van der Waals surface area contributed by atoms with Crippen LogP contribution >= 0.6 is 0 Å². The predicted molar refractivity (Wildman–Crippen MR) is 134 cm³/mol. The van der Waals surface area contributed by atoms with Crippen LogP contribution in [-0.4, -0.2) is 48.5 Å². The van der Waals surface area contributed by atoms with E-state index in [4.69, 9.17) is 4.74 Å². The van der Waals surface area contributed by atoms with Crippen molar-refractivity contribution in [3.63, 3.8) is 0 Å². The van der Waals surface area contributed by atoms with Crippen molar-refractivity contribution in [2.45, 2.75) is 38.7 Å². The van der Waals surface area contributed by atoms with Crippen LogP contribution in [0.5, 0.6) is 0 Å². The van der Waals surface area contributed by atoms with Gasteiger partial charge >= 0.3 is 0 Å². The standard InChI is InChI=1S/C28H30FN3O3/c1-28(2)22(17-24(35-28)25-21-11-10-20(29)16-23(21)31-27(25)34)18-6-8-19(9-7-18)26(33)30-12-15-32-13-4-3-5-14-32/h6-11,16-17H,3-5,12-15H2,1-2H3,(H,30,33)(H,31,34)/b25-24+. The minimum absolute atomic E-state index is 0.0845. The normalized spacial score (nSPS) is 21.2. The van der Waals surface area contributed by atoms with E-state index in [9.17, 15) is 14.0 Å². The van der Waals surface area contributed by atoms with Crippen LogP contribution in [0.2, 0.25) is 0 Å². The molecular weight excluding hydrogens is 445 g/mol. The van der Waals surface area contributed by atoms with E-state index >= 15 is 0 Å². The second-order valence-corrected chi connectivity index (χ2v) is 9.79. The van der Waals surface area contributed by atoms with Crippen LogP contribution < -0.4 is 10.6 Å². The molecule has 0 aliphatic carbocycles. The minimum atomic E-state index is -0.677. The minimum Gasteiger partial charge on any atom is -0.482 e. The van der Waals surface area contributed by atoms with Crippen LogP contribution in [0.4, 0.5) is 10.1 Å². The van der Waals surface area contributed by atoms with Gasteiger partial charge in [0.2, 0.25) is 0 Å². The number of hydrogen-bond donors (Lipinski definition) is 2. The molecule has 3 heterocycles. The van der Waals surface area contributed by atoms with E-state index in [-0.39, 0.29) is 11.8 Å². The molecule has 5 rings (SSSR count). The molecule has 2 aromatic rings. The van der Waals surface area contributed by atoms with Crippen molar-refractivity contribution in [2.75, 3.05) is 31.5 Å². The summed E-state index contributed by atoms with van der Waals surface area (Å²) in [4.78, 5) is 27.6. The van der Waals surface area contributed by atoms with E-state index in [0.29, 0.717) is 34.7 Å². The summed E-state index contributed by atoms with van der Waals surface area (Å²) < 4.78 is 19.8. The van der Waals surface area contributed by atoms with Crippen molar-refractivity contribution in [3.05, 3.63) is 76.8 Å². The van der Waals surface area contributed by atoms with Gasteiger partial charge in [0.25, 0.3) is 11.8 Å². The smallest absolute Gasteiger partial charge is 0.260 e. The van der Waals surface area contributed by atoms with Gasteiger partial charge in [0.15, 0.2) is 0 Å². The monoisotopic (exact) mass is 475 g/mol. The van der Waals surface area contributed by atoms with Gasteiger partial charge in [-0.1, -0.05) is 18.6 Å². The lowest BCUT2D eigenvalue weighted by atomic mass is 9.91. The molecule has 0 aromatic heterocycles. The van der Waals surface area contributed by atoms with Crippen LogP contribution in [-0.2, 0) is 9.53 Å². The third-order valence-corrected chi connectivity index (χ3v) is 6.88. The predicted octanol–water partition coefficient (Wildman–Crippen LogP) is 4.60. The Kier molecular flexibility index (Phi) is 6.19. The molecule has 0 radical (unpaired) electrons. The van der Waals surface area contributed by atoms with Crippen LogP contribution in [0.1, 0.15) is 54.6 Å². The summed E-state index contributed by atoms with van der Waals surface area (Å²) in [6.45, 7) is 7.61. The Morgan fingerprint density at radius 2 is 1.86 bits per heavy atom. The van der Waals surface area contributed by atoms with E-state index in [0.717, 1.165) is 30.8 Å². The number of hydrogen-bond acceptors (Lipinski definition) is 4. The van der Waals surface area contributed by atoms with Gasteiger partial charge in [0.1, 0.15) is 17.2 Å². The second-order valence-electron chi connectivity index (χ2n) is 9.79. The molecular formula is C28H30FN3O3. The van der Waals surface area contributed by atoms with Crippen molar-refractivity contribution in [1.82, 2.24) is 10.2 Å². The molecule has 1 saturated heterocycles. The topological polar surface area (TPSA) is 70.7 Å². The first-order valence-electron chi connectivity index (χ1n) is 12.2. The Morgan fingerprint density at radius 3 is 2.60 bits per heavy atom. The van der Waals surface area contributed by atoms with Crippen molar-refractivity contribution >= 4 is 28.6 Å². The summed E-state index contributed by atoms with van der Waals surface area (Å²) in [6.07, 6.45) is 5.63. The first-order valence-corrected chi connectivity index (χ1v) is 12.2. The number of fused-ring (bicyclic) bond motifs is 1. The zero-order valence-electron chi connectivity index (χ0n) is 20.1. The van der Waals surface area contributed by atoms with Gasteiger partial charge in [-0.05, 0) is 81.7 Å². The summed E-state index contributed by atoms with van der Waals surface area (Å²) in [5.74, 6) is -0.355. The molecule has 0 unspecified atom stereocenters. The molecule has 0 bridgehead atoms. The van der Waals surface area contributed by atoms with Crippen molar-refractivity contribution < 1.29 is 18.7 Å². The number of benzene rings is 2. The van der Waals surface area contributed by atoms with E-state index in [1.165, 1.54) is 31.4 Å². The first kappa shape index (κ1) is 23.3. The lowest BCUT2D eigenvalue weighted by Gasteiger charge is -2.26. The lowest BCUT2D eigenvalue weighted by Crippen LogP contribution is -2.37. The fourth-order valence-corrected chi connectivity index (χ4v) is 5.02. The number of likely N-dealkylation sites (tertiary alicyclic amines) is 1. The number of amides is 2. The van der Waals surface area contributed by atoms with Gasteiger partial charge in [-0.15, -0.1) is 0 Å². The molecule has 3 aliphatic rings. The van der Waals surface area contributed by atoms with Crippen molar-refractivity contribution in [2.24, 2.45) is 0 Å². The Hall–Kier alpha value is -3.45. The average Bonchev–Trinajstić information content (AvgIpc) is 3.33. The zero-order valence-corrected chi connectivity index (χ0v) is 20.1. The third-order valence-electron chi connectivity index (χ3n) is 6.88. The molecule has 6 nitrogen and oxygen atoms in total. The number of anilines is 1. The Morgan fingerprint density at radius 1 is 1.11 bits per heavy atom. The van der Waals surface area contributed by atoms with Gasteiger partial charge < -0.3 is 20.3 Å². The number of carbonyl (C=O) groups is 2. The van der Waals surface area contributed by atoms with Crippen molar-refractivity contribution in [1.29, 1.82) is 0 Å². The van der Waals surface area contributed by atoms with Gasteiger partial charge in [0.05, 0.1) is 11.3 Å². The number of carbonyl (C=O) groups excluding carboxylic acids is 2. The number of rotatable bonds is 5. The van der Waals surface area contributed by atoms with Gasteiger partial charge in [-0.2, -0.15) is 0 Å². The fourth-order valence-electron chi connectivity index (χ4n) is 5.02. The second kappa shape index (κ2) is 9.30. The van der Waals surface area contributed by atoms with Crippen molar-refractivity contribution in [3.8, 4) is 0 Å². The van der Waals surface area contributed by atoms with Crippen LogP contribution in [0.3, 0.4) is 0 Å². The molecule has 2 aromatic carbocycles. The molecule has 0 spiro atoms. The maximum absolute atomic E-state index is 13.6. The average molecular weight is 476 g/mol. The SMILES string of the molecule is CC1(C)O/C(=C2/C(=O)Nc3cc(F)ccc32)C=C1c1ccc(C(=O)NCCN2CCCCC2)cc1. The fraction of sp³-hybridized carbons (Fsp3) is 0.357. The first-order chi connectivity index (χ1) is 16.8. The summed E-state index contributed by atoms with van der Waals surface area (Å²) in [6, 6.07) is 11.7. The summed E-state index contributed by atoms with van der Waals surface area (Å²) in [5.41, 5.74) is 3.20. The van der Waals surface area contributed by atoms with Crippen LogP contribution in [0.25, 0.3) is 11.1 Å². The highest BCUT2D eigenvalue weighted by molar-refractivity contribution is 6.32. The van der Waals surface area contributed by atoms with E-state index in [1.807, 2.05) is 44.2 Å². The lowest BCUT2D eigenvalue weighted by molar-refractivity contribution is -0.111. The molecule has 0 atom stereocenters. The molecule has 7 heteroatoms. The van der Waals surface area contributed by atoms with E-state index in [1.54, 1.807) is 6.07 Å². The molecule has 2 amide bonds. The molecule has 1 fully saturated rings. The largest absolute Gasteiger partial charge is 0.482 e. The van der Waals surface area contributed by atoms with Crippen LogP contribution in [0, 0.1) is 5.82 Å². The molecule has 0 saturated carbocycles. The molecule has 35 heavy (non-hydrogen) atoms. The number of halogens is 1. The van der Waals surface area contributed by atoms with Gasteiger partial charge in [-0.3, -0.25) is 9.59 Å². The zero-order chi connectivity index (χ0) is 24.6. The maximum atomic E-state index is 13.6. The third kappa shape index (κ3) is 4.73. The summed E-state index contributed by atoms with van der Waals surface area (Å²) in [5, 5.41) is 5.73. The Labute approximate surface area is 204 Å². The summed E-state index contributed by atoms with van der Waals surface area (Å²) >= 11 is 0. The van der Waals surface area contributed by atoms with Crippen LogP contribution in [0.15, 0.2) is 54.3 Å².